The Morgan fingerprint density at radius 2 is 1.52 bits per heavy atom. The predicted molar refractivity (Wildman–Crippen MR) is 114 cm³/mol. The van der Waals surface area contributed by atoms with Crippen LogP contribution in [0.5, 0.6) is 17.2 Å². The first-order chi connectivity index (χ1) is 15.7. The van der Waals surface area contributed by atoms with Gasteiger partial charge in [-0.05, 0) is 53.9 Å². The Morgan fingerprint density at radius 3 is 2.15 bits per heavy atom. The van der Waals surface area contributed by atoms with E-state index in [-0.39, 0.29) is 29.1 Å². The number of hydrogen-bond acceptors (Lipinski definition) is 4. The molecule has 0 bridgehead atoms. The van der Waals surface area contributed by atoms with Crippen LogP contribution in [0.1, 0.15) is 23.8 Å². The Morgan fingerprint density at radius 1 is 0.879 bits per heavy atom. The van der Waals surface area contributed by atoms with E-state index in [0.29, 0.717) is 5.56 Å². The van der Waals surface area contributed by atoms with Crippen LogP contribution < -0.4 is 14.9 Å². The van der Waals surface area contributed by atoms with Gasteiger partial charge in [0.2, 0.25) is 11.2 Å². The molecule has 0 aliphatic rings. The van der Waals surface area contributed by atoms with Crippen LogP contribution in [0.4, 0.5) is 17.6 Å². The van der Waals surface area contributed by atoms with Crippen LogP contribution in [0.25, 0.3) is 11.0 Å². The van der Waals surface area contributed by atoms with Gasteiger partial charge in [-0.15, -0.1) is 0 Å². The molecular weight excluding hydrogens is 440 g/mol. The number of rotatable bonds is 6. The van der Waals surface area contributed by atoms with Crippen molar-refractivity contribution in [2.45, 2.75) is 26.1 Å². The van der Waals surface area contributed by atoms with Gasteiger partial charge in [0.15, 0.2) is 0 Å². The third-order valence-corrected chi connectivity index (χ3v) is 4.95. The number of hydrogen-bond donors (Lipinski definition) is 0. The van der Waals surface area contributed by atoms with E-state index in [0.717, 1.165) is 12.0 Å². The van der Waals surface area contributed by atoms with Crippen LogP contribution in [0.2, 0.25) is 0 Å². The summed E-state index contributed by atoms with van der Waals surface area (Å²) in [7, 11) is 0. The highest BCUT2D eigenvalue weighted by molar-refractivity contribution is 5.79. The predicted octanol–water partition coefficient (Wildman–Crippen LogP) is 6.88. The summed E-state index contributed by atoms with van der Waals surface area (Å²) in [6.45, 7) is 1.99. The fraction of sp³-hybridized carbons (Fsp3) is 0.160. The van der Waals surface area contributed by atoms with Crippen molar-refractivity contribution in [3.63, 3.8) is 0 Å². The minimum atomic E-state index is -4.96. The summed E-state index contributed by atoms with van der Waals surface area (Å²) in [5, 5.41) is -0.0858. The summed E-state index contributed by atoms with van der Waals surface area (Å²) in [4.78, 5) is 12.9. The Hall–Kier alpha value is -3.81. The molecule has 0 amide bonds. The second-order valence-corrected chi connectivity index (χ2v) is 7.26. The normalized spacial score (nSPS) is 11.5. The van der Waals surface area contributed by atoms with E-state index in [1.165, 1.54) is 54.6 Å². The second kappa shape index (κ2) is 8.97. The van der Waals surface area contributed by atoms with Crippen LogP contribution in [-0.4, -0.2) is 0 Å². The van der Waals surface area contributed by atoms with Gasteiger partial charge in [-0.1, -0.05) is 31.2 Å². The molecule has 0 saturated heterocycles. The molecule has 0 aliphatic heterocycles. The number of aryl methyl sites for hydroxylation is 1. The van der Waals surface area contributed by atoms with E-state index in [1.54, 1.807) is 12.1 Å². The maximum absolute atomic E-state index is 13.7. The number of benzene rings is 3. The molecule has 0 fully saturated rings. The smallest absolute Gasteiger partial charge is 0.453 e. The standard InChI is InChI=1S/C25H18F4O4/c1-2-15-5-9-18(10-6-15)32-23-22(30)20-12-11-19(13-21(20)33-24(23)25(27,28)29)31-14-16-3-7-17(26)8-4-16/h3-13H,2,14H2,1H3. The van der Waals surface area contributed by atoms with Crippen LogP contribution in [0, 0.1) is 5.82 Å². The Bertz CT molecular complexity index is 1320. The van der Waals surface area contributed by atoms with Crippen LogP contribution >= 0.6 is 0 Å². The van der Waals surface area contributed by atoms with Gasteiger partial charge in [0.1, 0.15) is 29.5 Å². The topological polar surface area (TPSA) is 48.7 Å². The van der Waals surface area contributed by atoms with Crippen molar-refractivity contribution in [1.29, 1.82) is 0 Å². The summed E-state index contributed by atoms with van der Waals surface area (Å²) in [6.07, 6.45) is -4.21. The Balaban J connectivity index is 1.69. The van der Waals surface area contributed by atoms with Crippen LogP contribution in [0.3, 0.4) is 0 Å². The van der Waals surface area contributed by atoms with E-state index < -0.39 is 28.9 Å². The zero-order valence-electron chi connectivity index (χ0n) is 17.4. The first-order valence-corrected chi connectivity index (χ1v) is 10.1. The monoisotopic (exact) mass is 458 g/mol. The van der Waals surface area contributed by atoms with Crippen molar-refractivity contribution in [2.75, 3.05) is 0 Å². The quantitative estimate of drug-likeness (QED) is 0.296. The molecule has 1 aromatic heterocycles. The third kappa shape index (κ3) is 5.00. The highest BCUT2D eigenvalue weighted by Gasteiger charge is 2.40. The first kappa shape index (κ1) is 22.4. The molecule has 4 aromatic rings. The fourth-order valence-electron chi connectivity index (χ4n) is 3.18. The van der Waals surface area contributed by atoms with Crippen LogP contribution in [-0.2, 0) is 19.2 Å². The number of alkyl halides is 3. The SMILES string of the molecule is CCc1ccc(Oc2c(C(F)(F)F)oc3cc(OCc4ccc(F)cc4)ccc3c2=O)cc1. The van der Waals surface area contributed by atoms with Crippen molar-refractivity contribution in [1.82, 2.24) is 0 Å². The molecule has 170 valence electrons. The van der Waals surface area contributed by atoms with Crippen molar-refractivity contribution in [3.05, 3.63) is 99.7 Å². The summed E-state index contributed by atoms with van der Waals surface area (Å²) in [5.74, 6) is -2.59. The molecule has 0 N–H and O–H groups in total. The number of halogens is 4. The van der Waals surface area contributed by atoms with E-state index in [4.69, 9.17) is 13.9 Å². The van der Waals surface area contributed by atoms with E-state index in [1.807, 2.05) is 6.92 Å². The van der Waals surface area contributed by atoms with Crippen molar-refractivity contribution in [3.8, 4) is 17.2 Å². The van der Waals surface area contributed by atoms with E-state index >= 15 is 0 Å². The lowest BCUT2D eigenvalue weighted by Gasteiger charge is -2.14. The summed E-state index contributed by atoms with van der Waals surface area (Å²) in [5.41, 5.74) is 0.384. The van der Waals surface area contributed by atoms with Gasteiger partial charge in [-0.3, -0.25) is 4.79 Å². The lowest BCUT2D eigenvalue weighted by atomic mass is 10.1. The average molecular weight is 458 g/mol. The van der Waals surface area contributed by atoms with Gasteiger partial charge in [0, 0.05) is 6.07 Å². The molecule has 3 aromatic carbocycles. The van der Waals surface area contributed by atoms with E-state index in [9.17, 15) is 22.4 Å². The Labute approximate surface area is 186 Å². The number of ether oxygens (including phenoxy) is 2. The molecule has 0 spiro atoms. The molecule has 0 aliphatic carbocycles. The highest BCUT2D eigenvalue weighted by Crippen LogP contribution is 2.38. The summed E-state index contributed by atoms with van der Waals surface area (Å²) >= 11 is 0. The zero-order chi connectivity index (χ0) is 23.6. The molecule has 1 heterocycles. The van der Waals surface area contributed by atoms with Gasteiger partial charge >= 0.3 is 6.18 Å². The third-order valence-electron chi connectivity index (χ3n) is 4.95. The first-order valence-electron chi connectivity index (χ1n) is 10.1. The lowest BCUT2D eigenvalue weighted by Crippen LogP contribution is -2.15. The molecule has 0 atom stereocenters. The lowest BCUT2D eigenvalue weighted by molar-refractivity contribution is -0.154. The molecule has 0 saturated carbocycles. The number of fused-ring (bicyclic) bond motifs is 1. The molecule has 8 heteroatoms. The maximum Gasteiger partial charge on any atom is 0.453 e. The van der Waals surface area contributed by atoms with Crippen LogP contribution in [0.15, 0.2) is 75.9 Å². The van der Waals surface area contributed by atoms with Crippen molar-refractivity contribution >= 4 is 11.0 Å². The molecule has 0 radical (unpaired) electrons. The minimum absolute atomic E-state index is 0.0527. The summed E-state index contributed by atoms with van der Waals surface area (Å²) < 4.78 is 70.1. The van der Waals surface area contributed by atoms with E-state index in [2.05, 4.69) is 0 Å². The van der Waals surface area contributed by atoms with Gasteiger partial charge in [0.25, 0.3) is 5.76 Å². The maximum atomic E-state index is 13.7. The van der Waals surface area contributed by atoms with Gasteiger partial charge in [0.05, 0.1) is 5.39 Å². The van der Waals surface area contributed by atoms with Crippen molar-refractivity contribution in [2.24, 2.45) is 0 Å². The minimum Gasteiger partial charge on any atom is -0.489 e. The zero-order valence-corrected chi connectivity index (χ0v) is 17.4. The van der Waals surface area contributed by atoms with Gasteiger partial charge in [-0.2, -0.15) is 13.2 Å². The largest absolute Gasteiger partial charge is 0.489 e. The van der Waals surface area contributed by atoms with Crippen molar-refractivity contribution < 1.29 is 31.5 Å². The van der Waals surface area contributed by atoms with Gasteiger partial charge in [-0.25, -0.2) is 4.39 Å². The molecular formula is C25H18F4O4. The molecule has 4 rings (SSSR count). The summed E-state index contributed by atoms with van der Waals surface area (Å²) in [6, 6.07) is 15.9. The molecule has 4 nitrogen and oxygen atoms in total. The second-order valence-electron chi connectivity index (χ2n) is 7.26. The fourth-order valence-corrected chi connectivity index (χ4v) is 3.18. The molecule has 33 heavy (non-hydrogen) atoms. The van der Waals surface area contributed by atoms with Gasteiger partial charge < -0.3 is 13.9 Å². The molecule has 0 unspecified atom stereocenters. The highest BCUT2D eigenvalue weighted by atomic mass is 19.4. The Kier molecular flexibility index (Phi) is 6.09. The average Bonchev–Trinajstić information content (AvgIpc) is 2.80.